The summed E-state index contributed by atoms with van der Waals surface area (Å²) >= 11 is 11.3. The lowest BCUT2D eigenvalue weighted by atomic mass is 10.3. The zero-order valence-corrected chi connectivity index (χ0v) is 15.9. The van der Waals surface area contributed by atoms with E-state index in [1.165, 1.54) is 0 Å². The Bertz CT molecular complexity index is 903. The minimum Gasteiger partial charge on any atom is -0.327 e. The monoisotopic (exact) mass is 418 g/mol. The highest BCUT2D eigenvalue weighted by Crippen LogP contribution is 2.29. The number of thiol groups is 3. The van der Waals surface area contributed by atoms with Crippen molar-refractivity contribution in [3.05, 3.63) is 18.2 Å². The Hall–Kier alpha value is -0.440. The van der Waals surface area contributed by atoms with Gasteiger partial charge in [0.1, 0.15) is 5.52 Å². The third kappa shape index (κ3) is 5.27. The van der Waals surface area contributed by atoms with Gasteiger partial charge < -0.3 is 4.98 Å². The van der Waals surface area contributed by atoms with Crippen molar-refractivity contribution in [2.24, 2.45) is 0 Å². The molecule has 2 aromatic rings. The van der Waals surface area contributed by atoms with Crippen molar-refractivity contribution < 1.29 is 25.9 Å². The zero-order chi connectivity index (χ0) is 18.1. The number of hydrogen-bond acceptors (Lipinski definition) is 8. The Morgan fingerprint density at radius 1 is 1.22 bits per heavy atom. The molecule has 0 aliphatic heterocycles. The third-order valence-corrected chi connectivity index (χ3v) is 6.76. The predicted molar refractivity (Wildman–Crippen MR) is 95.7 cm³/mol. The van der Waals surface area contributed by atoms with Crippen molar-refractivity contribution in [3.8, 4) is 0 Å². The van der Waals surface area contributed by atoms with Crippen LogP contribution in [-0.2, 0) is 20.2 Å². The number of para-hydroxylation sites is 1. The smallest absolute Gasteiger partial charge is 0.327 e. The van der Waals surface area contributed by atoms with Crippen molar-refractivity contribution in [1.82, 2.24) is 9.97 Å². The van der Waals surface area contributed by atoms with Crippen molar-refractivity contribution in [1.29, 1.82) is 0 Å². The standard InChI is InChI=1S/C7H6N2O3S2.C3H8O3S3/c10-14(11,12)7-8-4-2-1-3-5(13)6(4)9-7;1-2-3(7,8)9(4,5)6/h1-3,13H,(H,8,9)(H,10,11,12);7-8H,2H2,1H3,(H,4,5,6). The molecule has 0 spiro atoms. The molecule has 23 heavy (non-hydrogen) atoms. The van der Waals surface area contributed by atoms with Gasteiger partial charge >= 0.3 is 10.1 Å². The normalized spacial score (nSPS) is 12.8. The van der Waals surface area contributed by atoms with Gasteiger partial charge in [-0.1, -0.05) is 13.0 Å². The van der Waals surface area contributed by atoms with Gasteiger partial charge in [-0.25, -0.2) is 4.98 Å². The van der Waals surface area contributed by atoms with Crippen LogP contribution in [0, 0.1) is 0 Å². The molecule has 0 bridgehead atoms. The van der Waals surface area contributed by atoms with E-state index in [9.17, 15) is 16.8 Å². The van der Waals surface area contributed by atoms with Gasteiger partial charge in [-0.05, 0) is 18.6 Å². The topological polar surface area (TPSA) is 137 Å². The third-order valence-electron chi connectivity index (χ3n) is 2.59. The maximum Gasteiger partial charge on any atom is 0.328 e. The van der Waals surface area contributed by atoms with Crippen LogP contribution in [0.3, 0.4) is 0 Å². The Morgan fingerprint density at radius 2 is 1.78 bits per heavy atom. The first-order valence-corrected chi connectivity index (χ1v) is 10.1. The molecule has 8 nitrogen and oxygen atoms in total. The van der Waals surface area contributed by atoms with Crippen LogP contribution in [0.1, 0.15) is 13.3 Å². The van der Waals surface area contributed by atoms with E-state index in [-0.39, 0.29) is 6.42 Å². The van der Waals surface area contributed by atoms with E-state index in [1.54, 1.807) is 25.1 Å². The van der Waals surface area contributed by atoms with Crippen LogP contribution in [0.2, 0.25) is 0 Å². The second-order valence-corrected chi connectivity index (χ2v) is 10.2. The fraction of sp³-hybridized carbons (Fsp3) is 0.300. The fourth-order valence-electron chi connectivity index (χ4n) is 1.30. The second kappa shape index (κ2) is 7.21. The molecule has 1 aromatic heterocycles. The SMILES string of the molecule is CCC(S)(S)S(=O)(=O)O.O=S(=O)(O)c1nc2c(S)cccc2[nH]1. The van der Waals surface area contributed by atoms with E-state index in [0.29, 0.717) is 15.9 Å². The number of nitrogens with zero attached hydrogens (tertiary/aromatic N) is 1. The first-order chi connectivity index (χ1) is 10.3. The van der Waals surface area contributed by atoms with Gasteiger partial charge in [-0.2, -0.15) is 16.8 Å². The minimum absolute atomic E-state index is 0.151. The Morgan fingerprint density at radius 3 is 2.13 bits per heavy atom. The first kappa shape index (κ1) is 20.6. The van der Waals surface area contributed by atoms with Gasteiger partial charge in [0.05, 0.1) is 5.52 Å². The maximum absolute atomic E-state index is 10.8. The average Bonchev–Trinajstić information content (AvgIpc) is 2.83. The number of H-pyrrole nitrogens is 1. The quantitative estimate of drug-likeness (QED) is 0.254. The summed E-state index contributed by atoms with van der Waals surface area (Å²) in [5.74, 6) is 0. The molecule has 0 aliphatic rings. The summed E-state index contributed by atoms with van der Waals surface area (Å²) < 4.78 is 57.6. The van der Waals surface area contributed by atoms with Crippen LogP contribution in [0.5, 0.6) is 0 Å². The van der Waals surface area contributed by atoms with E-state index >= 15 is 0 Å². The van der Waals surface area contributed by atoms with E-state index in [0.717, 1.165) is 0 Å². The molecular formula is C10H14N2O6S5. The van der Waals surface area contributed by atoms with Crippen LogP contribution in [0.25, 0.3) is 11.0 Å². The molecule has 3 N–H and O–H groups in total. The van der Waals surface area contributed by atoms with Crippen LogP contribution in [0.15, 0.2) is 28.3 Å². The lowest BCUT2D eigenvalue weighted by Gasteiger charge is -2.14. The summed E-state index contributed by atoms with van der Waals surface area (Å²) in [6, 6.07) is 5.04. The lowest BCUT2D eigenvalue weighted by Crippen LogP contribution is -2.24. The number of benzene rings is 1. The van der Waals surface area contributed by atoms with Crippen LogP contribution in [-0.4, -0.2) is 39.3 Å². The predicted octanol–water partition coefficient (Wildman–Crippen LogP) is 1.90. The van der Waals surface area contributed by atoms with Gasteiger partial charge in [0, 0.05) is 4.90 Å². The highest BCUT2D eigenvalue weighted by Gasteiger charge is 2.32. The van der Waals surface area contributed by atoms with Gasteiger partial charge in [-0.15, -0.1) is 37.9 Å². The number of aromatic nitrogens is 2. The molecular weight excluding hydrogens is 404 g/mol. The van der Waals surface area contributed by atoms with Crippen LogP contribution < -0.4 is 0 Å². The van der Waals surface area contributed by atoms with E-state index < -0.39 is 28.8 Å². The highest BCUT2D eigenvalue weighted by atomic mass is 32.3. The zero-order valence-electron chi connectivity index (χ0n) is 11.6. The summed E-state index contributed by atoms with van der Waals surface area (Å²) in [6.45, 7) is 1.56. The minimum atomic E-state index is -4.28. The molecule has 0 amide bonds. The molecule has 0 radical (unpaired) electrons. The van der Waals surface area contributed by atoms with Crippen molar-refractivity contribution in [2.75, 3.05) is 0 Å². The average molecular weight is 419 g/mol. The molecule has 130 valence electrons. The van der Waals surface area contributed by atoms with Gasteiger partial charge in [0.2, 0.25) is 0 Å². The van der Waals surface area contributed by atoms with E-state index in [1.807, 2.05) is 0 Å². The van der Waals surface area contributed by atoms with Gasteiger partial charge in [-0.3, -0.25) is 9.11 Å². The van der Waals surface area contributed by atoms with Crippen molar-refractivity contribution in [3.63, 3.8) is 0 Å². The molecule has 1 heterocycles. The summed E-state index contributed by atoms with van der Waals surface area (Å²) in [4.78, 5) is 6.74. The molecule has 0 fully saturated rings. The largest absolute Gasteiger partial charge is 0.328 e. The van der Waals surface area contributed by atoms with Crippen LogP contribution >= 0.6 is 37.9 Å². The number of nitrogens with one attached hydrogen (secondary N) is 1. The molecule has 0 aliphatic carbocycles. The molecule has 13 heteroatoms. The summed E-state index contributed by atoms with van der Waals surface area (Å²) in [5, 5.41) is -0.464. The molecule has 1 aromatic carbocycles. The molecule has 0 atom stereocenters. The molecule has 2 rings (SSSR count). The highest BCUT2D eigenvalue weighted by molar-refractivity contribution is 8.18. The lowest BCUT2D eigenvalue weighted by molar-refractivity contribution is 0.473. The molecule has 0 saturated carbocycles. The Labute approximate surface area is 149 Å². The molecule has 0 unspecified atom stereocenters. The molecule has 0 saturated heterocycles. The van der Waals surface area contributed by atoms with Crippen molar-refractivity contribution >= 4 is 69.2 Å². The Kier molecular flexibility index (Phi) is 6.46. The van der Waals surface area contributed by atoms with Gasteiger partial charge in [0.15, 0.2) is 3.41 Å². The number of hydrogen-bond donors (Lipinski definition) is 6. The van der Waals surface area contributed by atoms with Gasteiger partial charge in [0.25, 0.3) is 15.3 Å². The van der Waals surface area contributed by atoms with Crippen LogP contribution in [0.4, 0.5) is 0 Å². The van der Waals surface area contributed by atoms with E-state index in [4.69, 9.17) is 9.11 Å². The number of imidazole rings is 1. The maximum atomic E-state index is 10.8. The van der Waals surface area contributed by atoms with E-state index in [2.05, 4.69) is 47.9 Å². The summed E-state index contributed by atoms with van der Waals surface area (Å²) in [6.07, 6.45) is 0.151. The summed E-state index contributed by atoms with van der Waals surface area (Å²) in [5.41, 5.74) is 0.939. The summed E-state index contributed by atoms with van der Waals surface area (Å²) in [7, 11) is -8.41. The number of fused-ring (bicyclic) bond motifs is 1. The van der Waals surface area contributed by atoms with Crippen molar-refractivity contribution in [2.45, 2.75) is 26.8 Å². The fourth-order valence-corrected chi connectivity index (χ4v) is 2.37. The Balaban J connectivity index is 0.000000257. The second-order valence-electron chi connectivity index (χ2n) is 4.26. The number of aromatic amines is 1. The number of rotatable bonds is 3. The first-order valence-electron chi connectivity index (χ1n) is 5.86.